The first-order valence-corrected chi connectivity index (χ1v) is 14.6. The highest BCUT2D eigenvalue weighted by molar-refractivity contribution is 6.01. The molecule has 234 valence electrons. The standard InChI is InChI=1S/C29H50N4O8/c1-9-13-14-15-16-39-27(36)32-26(33-28(37)41-29(6,7)8)31-22-17-20(25(35)38-12-4)18-23(24(22)30-19(5)34)40-21(10-2)11-3/h18,21-24H,9-17H2,1-8H3,(H,30,34)(H2,31,32,33,36,37)/t22-,23+,24+/m0/s1. The van der Waals surface area contributed by atoms with Crippen LogP contribution in [0.5, 0.6) is 0 Å². The van der Waals surface area contributed by atoms with Gasteiger partial charge in [0.2, 0.25) is 11.9 Å². The Morgan fingerprint density at radius 1 is 0.976 bits per heavy atom. The van der Waals surface area contributed by atoms with Crippen molar-refractivity contribution < 1.29 is 38.1 Å². The van der Waals surface area contributed by atoms with Gasteiger partial charge in [-0.3, -0.25) is 15.4 Å². The SMILES string of the molecule is CCCCCCOC(=O)NC(=N[C@H]1CC(C(=O)OCC)=C[C@@H](OC(CC)CC)[C@@H]1NC(C)=O)NC(=O)OC(C)(C)C. The third-order valence-corrected chi connectivity index (χ3v) is 6.10. The van der Waals surface area contributed by atoms with Gasteiger partial charge in [0.05, 0.1) is 37.5 Å². The number of hydrogen-bond acceptors (Lipinski definition) is 9. The Bertz CT molecular complexity index is 924. The summed E-state index contributed by atoms with van der Waals surface area (Å²) in [5.41, 5.74) is -0.500. The first-order chi connectivity index (χ1) is 19.3. The van der Waals surface area contributed by atoms with Crippen LogP contribution < -0.4 is 16.0 Å². The fourth-order valence-corrected chi connectivity index (χ4v) is 4.17. The number of unbranched alkanes of at least 4 members (excludes halogenated alkanes) is 3. The average molecular weight is 583 g/mol. The molecule has 0 aromatic carbocycles. The number of carbonyl (C=O) groups excluding carboxylic acids is 4. The third kappa shape index (κ3) is 14.3. The predicted molar refractivity (Wildman–Crippen MR) is 155 cm³/mol. The van der Waals surface area contributed by atoms with Gasteiger partial charge in [0.15, 0.2) is 0 Å². The van der Waals surface area contributed by atoms with Gasteiger partial charge in [0, 0.05) is 18.9 Å². The quantitative estimate of drug-likeness (QED) is 0.0942. The summed E-state index contributed by atoms with van der Waals surface area (Å²) < 4.78 is 22.2. The van der Waals surface area contributed by atoms with Crippen LogP contribution in [-0.4, -0.2) is 73.1 Å². The van der Waals surface area contributed by atoms with E-state index in [1.165, 1.54) is 6.92 Å². The van der Waals surface area contributed by atoms with Gasteiger partial charge in [-0.15, -0.1) is 0 Å². The van der Waals surface area contributed by atoms with E-state index in [4.69, 9.17) is 18.9 Å². The lowest BCUT2D eigenvalue weighted by Crippen LogP contribution is -2.55. The number of aliphatic imine (C=N–C) groups is 1. The summed E-state index contributed by atoms with van der Waals surface area (Å²) in [6.07, 6.45) is 4.31. The number of nitrogens with one attached hydrogen (secondary N) is 3. The molecule has 41 heavy (non-hydrogen) atoms. The van der Waals surface area contributed by atoms with Crippen molar-refractivity contribution in [3.63, 3.8) is 0 Å². The zero-order valence-corrected chi connectivity index (χ0v) is 26.0. The second-order valence-corrected chi connectivity index (χ2v) is 10.9. The highest BCUT2D eigenvalue weighted by atomic mass is 16.6. The molecule has 3 N–H and O–H groups in total. The normalized spacial score (nSPS) is 19.2. The van der Waals surface area contributed by atoms with Crippen molar-refractivity contribution in [2.45, 2.75) is 130 Å². The average Bonchev–Trinajstić information content (AvgIpc) is 2.87. The minimum atomic E-state index is -0.850. The molecule has 0 saturated heterocycles. The zero-order valence-electron chi connectivity index (χ0n) is 26.0. The highest BCUT2D eigenvalue weighted by Crippen LogP contribution is 2.27. The van der Waals surface area contributed by atoms with E-state index in [9.17, 15) is 19.2 Å². The molecule has 0 radical (unpaired) electrons. The molecule has 0 spiro atoms. The van der Waals surface area contributed by atoms with Gasteiger partial charge in [-0.2, -0.15) is 0 Å². The Morgan fingerprint density at radius 3 is 2.20 bits per heavy atom. The Morgan fingerprint density at radius 2 is 1.63 bits per heavy atom. The molecule has 0 aromatic rings. The lowest BCUT2D eigenvalue weighted by Gasteiger charge is -2.37. The topological polar surface area (TPSA) is 154 Å². The van der Waals surface area contributed by atoms with Crippen molar-refractivity contribution in [2.24, 2.45) is 4.99 Å². The molecule has 12 nitrogen and oxygen atoms in total. The van der Waals surface area contributed by atoms with Gasteiger partial charge in [-0.25, -0.2) is 19.4 Å². The molecule has 1 aliphatic rings. The van der Waals surface area contributed by atoms with Gasteiger partial charge in [0.1, 0.15) is 5.60 Å². The molecule has 1 rings (SSSR count). The maximum absolute atomic E-state index is 12.8. The van der Waals surface area contributed by atoms with E-state index < -0.39 is 41.9 Å². The van der Waals surface area contributed by atoms with E-state index in [0.29, 0.717) is 24.8 Å². The Balaban J connectivity index is 3.43. The van der Waals surface area contributed by atoms with Crippen LogP contribution >= 0.6 is 0 Å². The van der Waals surface area contributed by atoms with Crippen molar-refractivity contribution in [2.75, 3.05) is 13.2 Å². The second kappa shape index (κ2) is 18.3. The van der Waals surface area contributed by atoms with Crippen LogP contribution in [0.25, 0.3) is 0 Å². The molecular weight excluding hydrogens is 532 g/mol. The highest BCUT2D eigenvalue weighted by Gasteiger charge is 2.38. The fraction of sp³-hybridized carbons (Fsp3) is 0.759. The summed E-state index contributed by atoms with van der Waals surface area (Å²) in [6, 6.07) is -1.54. The van der Waals surface area contributed by atoms with Crippen molar-refractivity contribution in [3.05, 3.63) is 11.6 Å². The minimum Gasteiger partial charge on any atom is -0.463 e. The predicted octanol–water partition coefficient (Wildman–Crippen LogP) is 4.51. The number of alkyl carbamates (subject to hydrolysis) is 2. The van der Waals surface area contributed by atoms with Crippen LogP contribution in [0.1, 0.15) is 100 Å². The Labute approximate surface area is 244 Å². The van der Waals surface area contributed by atoms with E-state index in [2.05, 4.69) is 27.9 Å². The van der Waals surface area contributed by atoms with Crippen LogP contribution in [0.2, 0.25) is 0 Å². The molecule has 0 bridgehead atoms. The van der Waals surface area contributed by atoms with Crippen molar-refractivity contribution >= 4 is 30.0 Å². The lowest BCUT2D eigenvalue weighted by molar-refractivity contribution is -0.139. The van der Waals surface area contributed by atoms with Crippen LogP contribution in [0.3, 0.4) is 0 Å². The van der Waals surface area contributed by atoms with E-state index in [1.54, 1.807) is 33.8 Å². The van der Waals surface area contributed by atoms with E-state index >= 15 is 0 Å². The fourth-order valence-electron chi connectivity index (χ4n) is 4.17. The number of rotatable bonds is 13. The molecule has 0 saturated carbocycles. The molecular formula is C29H50N4O8. The summed E-state index contributed by atoms with van der Waals surface area (Å²) in [4.78, 5) is 54.8. The van der Waals surface area contributed by atoms with E-state index in [1.807, 2.05) is 13.8 Å². The van der Waals surface area contributed by atoms with Crippen LogP contribution in [0, 0.1) is 0 Å². The van der Waals surface area contributed by atoms with Gasteiger partial charge < -0.3 is 24.3 Å². The molecule has 12 heteroatoms. The summed E-state index contributed by atoms with van der Waals surface area (Å²) in [5, 5.41) is 7.83. The number of nitrogens with zero attached hydrogens (tertiary/aromatic N) is 1. The zero-order chi connectivity index (χ0) is 31.0. The molecule has 0 aliphatic heterocycles. The maximum atomic E-state index is 12.8. The number of hydrogen-bond donors (Lipinski definition) is 3. The Kier molecular flexibility index (Phi) is 16.0. The van der Waals surface area contributed by atoms with Gasteiger partial charge in [-0.1, -0.05) is 40.0 Å². The van der Waals surface area contributed by atoms with Crippen LogP contribution in [0.15, 0.2) is 16.6 Å². The molecule has 0 fully saturated rings. The summed E-state index contributed by atoms with van der Waals surface area (Å²) in [6.45, 7) is 14.6. The second-order valence-electron chi connectivity index (χ2n) is 10.9. The summed E-state index contributed by atoms with van der Waals surface area (Å²) in [7, 11) is 0. The maximum Gasteiger partial charge on any atom is 0.414 e. The number of carbonyl (C=O) groups is 4. The van der Waals surface area contributed by atoms with Gasteiger partial charge in [-0.05, 0) is 53.0 Å². The van der Waals surface area contributed by atoms with Gasteiger partial charge in [0.25, 0.3) is 0 Å². The monoisotopic (exact) mass is 582 g/mol. The van der Waals surface area contributed by atoms with Crippen molar-refractivity contribution in [3.8, 4) is 0 Å². The van der Waals surface area contributed by atoms with Gasteiger partial charge >= 0.3 is 18.2 Å². The molecule has 3 atom stereocenters. The molecule has 0 heterocycles. The minimum absolute atomic E-state index is 0.0554. The molecule has 0 unspecified atom stereocenters. The number of guanidine groups is 1. The van der Waals surface area contributed by atoms with E-state index in [0.717, 1.165) is 19.3 Å². The Hall–Kier alpha value is -3.15. The van der Waals surface area contributed by atoms with Crippen LogP contribution in [0.4, 0.5) is 9.59 Å². The van der Waals surface area contributed by atoms with Crippen molar-refractivity contribution in [1.82, 2.24) is 16.0 Å². The largest absolute Gasteiger partial charge is 0.463 e. The van der Waals surface area contributed by atoms with E-state index in [-0.39, 0.29) is 37.6 Å². The molecule has 3 amide bonds. The number of ether oxygens (including phenoxy) is 4. The smallest absolute Gasteiger partial charge is 0.414 e. The number of esters is 1. The first kappa shape index (κ1) is 35.9. The van der Waals surface area contributed by atoms with Crippen molar-refractivity contribution in [1.29, 1.82) is 0 Å². The van der Waals surface area contributed by atoms with Crippen LogP contribution in [-0.2, 0) is 28.5 Å². The third-order valence-electron chi connectivity index (χ3n) is 6.10. The lowest BCUT2D eigenvalue weighted by atomic mass is 9.88. The molecule has 1 aliphatic carbocycles. The summed E-state index contributed by atoms with van der Waals surface area (Å²) in [5.74, 6) is -1.11. The number of amides is 3. The molecule has 0 aromatic heterocycles. The first-order valence-electron chi connectivity index (χ1n) is 14.6. The summed E-state index contributed by atoms with van der Waals surface area (Å²) >= 11 is 0.